The second kappa shape index (κ2) is 9.48. The Labute approximate surface area is 184 Å². The van der Waals surface area contributed by atoms with Gasteiger partial charge < -0.3 is 20.1 Å². The number of methoxy groups -OCH3 is 1. The molecule has 1 saturated heterocycles. The van der Waals surface area contributed by atoms with Crippen molar-refractivity contribution in [3.8, 4) is 11.5 Å². The van der Waals surface area contributed by atoms with Gasteiger partial charge in [0.25, 0.3) is 0 Å². The number of thioether (sulfide) groups is 1. The number of halogens is 4. The lowest BCUT2D eigenvalue weighted by Gasteiger charge is -2.10. The van der Waals surface area contributed by atoms with E-state index in [0.717, 1.165) is 23.9 Å². The summed E-state index contributed by atoms with van der Waals surface area (Å²) in [5, 5.41) is 5.12. The number of carbonyl (C=O) groups is 2. The lowest BCUT2D eigenvalue weighted by Crippen LogP contribution is -2.28. The van der Waals surface area contributed by atoms with Crippen LogP contribution in [0.3, 0.4) is 0 Å². The van der Waals surface area contributed by atoms with E-state index in [2.05, 4.69) is 20.4 Å². The Morgan fingerprint density at radius 1 is 1.26 bits per heavy atom. The third-order valence-corrected chi connectivity index (χ3v) is 5.20. The Bertz CT molecular complexity index is 1020. The van der Waals surface area contributed by atoms with Gasteiger partial charge >= 0.3 is 6.36 Å². The molecule has 0 saturated carbocycles. The van der Waals surface area contributed by atoms with E-state index in [4.69, 9.17) is 16.3 Å². The van der Waals surface area contributed by atoms with Crippen LogP contribution in [0.4, 0.5) is 24.5 Å². The van der Waals surface area contributed by atoms with Gasteiger partial charge in [0.1, 0.15) is 22.4 Å². The molecule has 0 aromatic heterocycles. The van der Waals surface area contributed by atoms with E-state index in [1.807, 2.05) is 0 Å². The third-order valence-electron chi connectivity index (χ3n) is 3.88. The van der Waals surface area contributed by atoms with E-state index in [1.165, 1.54) is 19.2 Å². The predicted octanol–water partition coefficient (Wildman–Crippen LogP) is 4.50. The number of anilines is 1. The lowest BCUT2D eigenvalue weighted by molar-refractivity contribution is -0.274. The molecule has 164 valence electrons. The summed E-state index contributed by atoms with van der Waals surface area (Å²) < 4.78 is 45.6. The third kappa shape index (κ3) is 6.53. The molecule has 3 rings (SSSR count). The first-order valence-electron chi connectivity index (χ1n) is 8.68. The molecule has 12 heteroatoms. The van der Waals surface area contributed by atoms with Crippen LogP contribution >= 0.6 is 23.4 Å². The Balaban J connectivity index is 1.60. The average molecular weight is 474 g/mol. The van der Waals surface area contributed by atoms with Crippen molar-refractivity contribution in [1.82, 2.24) is 5.32 Å². The Morgan fingerprint density at radius 2 is 1.97 bits per heavy atom. The molecule has 1 heterocycles. The highest BCUT2D eigenvalue weighted by Gasteiger charge is 2.33. The minimum Gasteiger partial charge on any atom is -0.494 e. The fraction of sp³-hybridized carbons (Fsp3) is 0.211. The van der Waals surface area contributed by atoms with Gasteiger partial charge in [0.2, 0.25) is 11.8 Å². The standard InChI is InChI=1S/C19H15ClF3N3O4S/c1-29-14-7-2-10(20)8-13(14)25-18-26-17(28)15(31-18)9-16(27)24-11-3-5-12(6-4-11)30-19(21,22)23/h2-8,15H,9H2,1H3,(H,24,27)(H,25,26,28)/t15-/m1/s1. The molecule has 2 aromatic carbocycles. The summed E-state index contributed by atoms with van der Waals surface area (Å²) >= 11 is 7.04. The molecule has 1 aliphatic rings. The van der Waals surface area contributed by atoms with E-state index in [0.29, 0.717) is 16.5 Å². The maximum atomic E-state index is 12.2. The second-order valence-corrected chi connectivity index (χ2v) is 7.78. The van der Waals surface area contributed by atoms with Crippen LogP contribution < -0.4 is 20.1 Å². The zero-order valence-corrected chi connectivity index (χ0v) is 17.4. The monoisotopic (exact) mass is 473 g/mol. The average Bonchev–Trinajstić information content (AvgIpc) is 3.01. The van der Waals surface area contributed by atoms with Crippen LogP contribution in [0.25, 0.3) is 0 Å². The van der Waals surface area contributed by atoms with Crippen molar-refractivity contribution in [3.05, 3.63) is 47.5 Å². The molecule has 2 amide bonds. The number of nitrogens with one attached hydrogen (secondary N) is 2. The molecule has 31 heavy (non-hydrogen) atoms. The largest absolute Gasteiger partial charge is 0.573 e. The summed E-state index contributed by atoms with van der Waals surface area (Å²) in [6.07, 6.45) is -4.96. The molecule has 2 N–H and O–H groups in total. The molecule has 7 nitrogen and oxygen atoms in total. The summed E-state index contributed by atoms with van der Waals surface area (Å²) in [5.41, 5.74) is 0.685. The van der Waals surface area contributed by atoms with Crippen LogP contribution in [0, 0.1) is 0 Å². The number of alkyl halides is 3. The van der Waals surface area contributed by atoms with Gasteiger partial charge in [0, 0.05) is 17.1 Å². The topological polar surface area (TPSA) is 89.0 Å². The van der Waals surface area contributed by atoms with Crippen LogP contribution in [0.15, 0.2) is 47.5 Å². The zero-order valence-electron chi connectivity index (χ0n) is 15.8. The first-order chi connectivity index (χ1) is 14.6. The van der Waals surface area contributed by atoms with Crippen LogP contribution in [0.1, 0.15) is 6.42 Å². The number of hydrogen-bond acceptors (Lipinski definition) is 6. The SMILES string of the molecule is COc1ccc(Cl)cc1N=C1NC(=O)[C@@H](CC(=O)Nc2ccc(OC(F)(F)F)cc2)S1. The fourth-order valence-corrected chi connectivity index (χ4v) is 3.72. The Hall–Kier alpha value is -2.92. The molecule has 0 aliphatic carbocycles. The van der Waals surface area contributed by atoms with E-state index < -0.39 is 29.2 Å². The summed E-state index contributed by atoms with van der Waals surface area (Å²) in [4.78, 5) is 28.8. The number of nitrogens with zero attached hydrogens (tertiary/aromatic N) is 1. The van der Waals surface area contributed by atoms with Gasteiger partial charge in [-0.25, -0.2) is 4.99 Å². The van der Waals surface area contributed by atoms with Crippen molar-refractivity contribution in [2.24, 2.45) is 4.99 Å². The minimum atomic E-state index is -4.80. The highest BCUT2D eigenvalue weighted by Crippen LogP contribution is 2.33. The van der Waals surface area contributed by atoms with Gasteiger partial charge in [0.05, 0.1) is 7.11 Å². The van der Waals surface area contributed by atoms with Gasteiger partial charge in [0.15, 0.2) is 5.17 Å². The molecule has 2 aromatic rings. The number of carbonyl (C=O) groups excluding carboxylic acids is 2. The van der Waals surface area contributed by atoms with Crippen LogP contribution in [-0.2, 0) is 9.59 Å². The Kier molecular flexibility index (Phi) is 6.96. The van der Waals surface area contributed by atoms with E-state index >= 15 is 0 Å². The smallest absolute Gasteiger partial charge is 0.494 e. The summed E-state index contributed by atoms with van der Waals surface area (Å²) in [5.74, 6) is -0.827. The summed E-state index contributed by atoms with van der Waals surface area (Å²) in [6, 6.07) is 9.52. The molecule has 1 fully saturated rings. The normalized spacial score (nSPS) is 17.4. The number of amidine groups is 1. The molecular weight excluding hydrogens is 459 g/mol. The molecule has 0 spiro atoms. The molecule has 1 atom stereocenters. The van der Waals surface area contributed by atoms with Gasteiger partial charge in [-0.2, -0.15) is 0 Å². The van der Waals surface area contributed by atoms with Crippen molar-refractivity contribution in [3.63, 3.8) is 0 Å². The molecule has 0 radical (unpaired) electrons. The van der Waals surface area contributed by atoms with Gasteiger partial charge in [-0.1, -0.05) is 23.4 Å². The fourth-order valence-electron chi connectivity index (χ4n) is 2.57. The lowest BCUT2D eigenvalue weighted by atomic mass is 10.2. The quantitative estimate of drug-likeness (QED) is 0.645. The van der Waals surface area contributed by atoms with E-state index in [9.17, 15) is 22.8 Å². The van der Waals surface area contributed by atoms with Crippen molar-refractivity contribution >= 4 is 51.7 Å². The van der Waals surface area contributed by atoms with E-state index in [-0.39, 0.29) is 17.3 Å². The predicted molar refractivity (Wildman–Crippen MR) is 111 cm³/mol. The van der Waals surface area contributed by atoms with Crippen LogP contribution in [0.5, 0.6) is 11.5 Å². The zero-order chi connectivity index (χ0) is 22.6. The maximum absolute atomic E-state index is 12.2. The van der Waals surface area contributed by atoms with Crippen LogP contribution in [0.2, 0.25) is 5.02 Å². The number of rotatable bonds is 6. The van der Waals surface area contributed by atoms with Crippen molar-refractivity contribution in [2.45, 2.75) is 18.0 Å². The highest BCUT2D eigenvalue weighted by molar-refractivity contribution is 8.15. The summed E-state index contributed by atoms with van der Waals surface area (Å²) in [7, 11) is 1.47. The molecule has 0 unspecified atom stereocenters. The van der Waals surface area contributed by atoms with Gasteiger partial charge in [-0.3, -0.25) is 9.59 Å². The first kappa shape index (κ1) is 22.8. The van der Waals surface area contributed by atoms with Crippen molar-refractivity contribution in [2.75, 3.05) is 12.4 Å². The second-order valence-electron chi connectivity index (χ2n) is 6.15. The number of ether oxygens (including phenoxy) is 2. The van der Waals surface area contributed by atoms with E-state index in [1.54, 1.807) is 18.2 Å². The Morgan fingerprint density at radius 3 is 2.61 bits per heavy atom. The highest BCUT2D eigenvalue weighted by atomic mass is 35.5. The first-order valence-corrected chi connectivity index (χ1v) is 9.94. The number of hydrogen-bond donors (Lipinski definition) is 2. The number of benzene rings is 2. The molecule has 0 bridgehead atoms. The number of aliphatic imine (C=N–C) groups is 1. The van der Waals surface area contributed by atoms with Gasteiger partial charge in [-0.05, 0) is 42.5 Å². The molecule has 1 aliphatic heterocycles. The van der Waals surface area contributed by atoms with Gasteiger partial charge in [-0.15, -0.1) is 13.2 Å². The van der Waals surface area contributed by atoms with Crippen molar-refractivity contribution < 1.29 is 32.2 Å². The van der Waals surface area contributed by atoms with Crippen LogP contribution in [-0.4, -0.2) is 35.7 Å². The summed E-state index contributed by atoms with van der Waals surface area (Å²) in [6.45, 7) is 0. The minimum absolute atomic E-state index is 0.164. The maximum Gasteiger partial charge on any atom is 0.573 e. The number of amides is 2. The molecular formula is C19H15ClF3N3O4S. The van der Waals surface area contributed by atoms with Crippen molar-refractivity contribution in [1.29, 1.82) is 0 Å².